The minimum Gasteiger partial charge on any atom is -0.455 e. The van der Waals surface area contributed by atoms with Crippen molar-refractivity contribution in [2.75, 3.05) is 5.32 Å². The van der Waals surface area contributed by atoms with Crippen molar-refractivity contribution in [3.8, 4) is 11.5 Å². The Balaban J connectivity index is 1.80. The van der Waals surface area contributed by atoms with Gasteiger partial charge in [-0.05, 0) is 73.9 Å². The molecular formula is C23H18BrClF2N2O3. The van der Waals surface area contributed by atoms with Crippen molar-refractivity contribution in [2.45, 2.75) is 20.8 Å². The van der Waals surface area contributed by atoms with Crippen LogP contribution in [0.4, 0.5) is 19.3 Å². The van der Waals surface area contributed by atoms with Gasteiger partial charge >= 0.3 is 6.03 Å². The van der Waals surface area contributed by atoms with E-state index in [1.165, 1.54) is 6.07 Å². The van der Waals surface area contributed by atoms with E-state index in [4.69, 9.17) is 16.3 Å². The largest absolute Gasteiger partial charge is 0.455 e. The van der Waals surface area contributed by atoms with Crippen molar-refractivity contribution in [1.82, 2.24) is 5.32 Å². The van der Waals surface area contributed by atoms with Gasteiger partial charge in [-0.15, -0.1) is 0 Å². The van der Waals surface area contributed by atoms with Crippen molar-refractivity contribution in [2.24, 2.45) is 0 Å². The van der Waals surface area contributed by atoms with Crippen LogP contribution in [-0.4, -0.2) is 11.9 Å². The van der Waals surface area contributed by atoms with Crippen LogP contribution in [0.3, 0.4) is 0 Å². The van der Waals surface area contributed by atoms with E-state index >= 15 is 0 Å². The number of amides is 3. The van der Waals surface area contributed by atoms with Crippen LogP contribution >= 0.6 is 27.5 Å². The van der Waals surface area contributed by atoms with Crippen LogP contribution in [0.25, 0.3) is 0 Å². The van der Waals surface area contributed by atoms with Gasteiger partial charge in [0.1, 0.15) is 28.7 Å². The Morgan fingerprint density at radius 2 is 1.66 bits per heavy atom. The normalized spacial score (nSPS) is 10.6. The minimum absolute atomic E-state index is 0.234. The second-order valence-electron chi connectivity index (χ2n) is 7.00. The molecule has 0 fully saturated rings. The monoisotopic (exact) mass is 522 g/mol. The molecule has 0 radical (unpaired) electrons. The molecular weight excluding hydrogens is 506 g/mol. The molecule has 3 aromatic carbocycles. The maximum Gasteiger partial charge on any atom is 0.326 e. The van der Waals surface area contributed by atoms with Crippen LogP contribution in [0.2, 0.25) is 5.02 Å². The molecule has 0 atom stereocenters. The summed E-state index contributed by atoms with van der Waals surface area (Å²) in [6.07, 6.45) is 0. The Hall–Kier alpha value is -2.97. The molecule has 2 N–H and O–H groups in total. The third-order valence-electron chi connectivity index (χ3n) is 4.81. The van der Waals surface area contributed by atoms with E-state index in [2.05, 4.69) is 21.2 Å². The molecule has 166 valence electrons. The highest BCUT2D eigenvalue weighted by molar-refractivity contribution is 9.10. The van der Waals surface area contributed by atoms with Gasteiger partial charge < -0.3 is 10.1 Å². The first-order valence-corrected chi connectivity index (χ1v) is 10.6. The number of imide groups is 1. The molecule has 32 heavy (non-hydrogen) atoms. The Bertz CT molecular complexity index is 1210. The number of carbonyl (C=O) groups is 2. The number of aryl methyl sites for hydroxylation is 1. The summed E-state index contributed by atoms with van der Waals surface area (Å²) >= 11 is 9.80. The lowest BCUT2D eigenvalue weighted by molar-refractivity contribution is 0.0959. The van der Waals surface area contributed by atoms with E-state index in [-0.39, 0.29) is 5.02 Å². The second kappa shape index (κ2) is 9.67. The number of ether oxygens (including phenoxy) is 1. The molecule has 3 amide bonds. The molecule has 0 aromatic heterocycles. The zero-order chi connectivity index (χ0) is 23.6. The molecule has 9 heteroatoms. The van der Waals surface area contributed by atoms with E-state index in [1.54, 1.807) is 19.9 Å². The number of urea groups is 1. The van der Waals surface area contributed by atoms with Gasteiger partial charge in [-0.2, -0.15) is 0 Å². The predicted molar refractivity (Wildman–Crippen MR) is 123 cm³/mol. The molecule has 0 unspecified atom stereocenters. The van der Waals surface area contributed by atoms with Gasteiger partial charge in [0.05, 0.1) is 5.02 Å². The van der Waals surface area contributed by atoms with Gasteiger partial charge in [0.25, 0.3) is 5.91 Å². The summed E-state index contributed by atoms with van der Waals surface area (Å²) in [5, 5.41) is 4.62. The fourth-order valence-corrected chi connectivity index (χ4v) is 3.74. The number of anilines is 1. The number of hydrogen-bond acceptors (Lipinski definition) is 3. The van der Waals surface area contributed by atoms with Gasteiger partial charge in [0.15, 0.2) is 0 Å². The topological polar surface area (TPSA) is 67.4 Å². The standard InChI is InChI=1S/C23H18BrClF2N2O3/c1-11-9-14(24)7-8-19(11)32-21-13(3)12(2)18(10-15(21)25)28-23(31)29-22(30)20-16(26)5-4-6-17(20)27/h4-10H,1-3H3,(H2,28,29,30,31). The molecule has 0 aliphatic carbocycles. The highest BCUT2D eigenvalue weighted by atomic mass is 79.9. The number of carbonyl (C=O) groups excluding carboxylic acids is 2. The summed E-state index contributed by atoms with van der Waals surface area (Å²) in [5.41, 5.74) is 1.67. The summed E-state index contributed by atoms with van der Waals surface area (Å²) in [4.78, 5) is 24.4. The van der Waals surface area contributed by atoms with Crippen LogP contribution in [0.1, 0.15) is 27.0 Å². The Morgan fingerprint density at radius 3 is 2.28 bits per heavy atom. The zero-order valence-electron chi connectivity index (χ0n) is 17.3. The first kappa shape index (κ1) is 23.7. The van der Waals surface area contributed by atoms with Crippen LogP contribution in [-0.2, 0) is 0 Å². The summed E-state index contributed by atoms with van der Waals surface area (Å²) in [6, 6.07) is 9.03. The van der Waals surface area contributed by atoms with Crippen molar-refractivity contribution in [1.29, 1.82) is 0 Å². The first-order chi connectivity index (χ1) is 15.1. The van der Waals surface area contributed by atoms with Crippen molar-refractivity contribution in [3.63, 3.8) is 0 Å². The SMILES string of the molecule is Cc1cc(Br)ccc1Oc1c(Cl)cc(NC(=O)NC(=O)c2c(F)cccc2F)c(C)c1C. The summed E-state index contributed by atoms with van der Waals surface area (Å²) < 4.78 is 34.4. The van der Waals surface area contributed by atoms with Crippen molar-refractivity contribution >= 4 is 45.2 Å². The summed E-state index contributed by atoms with van der Waals surface area (Å²) in [6.45, 7) is 5.40. The molecule has 0 saturated carbocycles. The number of halogens is 4. The third-order valence-corrected chi connectivity index (χ3v) is 5.58. The van der Waals surface area contributed by atoms with Crippen LogP contribution in [0.5, 0.6) is 11.5 Å². The lowest BCUT2D eigenvalue weighted by Crippen LogP contribution is -2.35. The Kier molecular flexibility index (Phi) is 7.16. The van der Waals surface area contributed by atoms with E-state index in [9.17, 15) is 18.4 Å². The number of hydrogen-bond donors (Lipinski definition) is 2. The molecule has 0 saturated heterocycles. The van der Waals surface area contributed by atoms with Crippen molar-refractivity contribution < 1.29 is 23.1 Å². The molecule has 0 aliphatic rings. The molecule has 5 nitrogen and oxygen atoms in total. The van der Waals surface area contributed by atoms with E-state index in [0.717, 1.165) is 28.2 Å². The van der Waals surface area contributed by atoms with Gasteiger partial charge in [-0.3, -0.25) is 10.1 Å². The smallest absolute Gasteiger partial charge is 0.326 e. The van der Waals surface area contributed by atoms with E-state index in [1.807, 2.05) is 24.4 Å². The summed E-state index contributed by atoms with van der Waals surface area (Å²) in [7, 11) is 0. The predicted octanol–water partition coefficient (Wildman–Crippen LogP) is 7.06. The summed E-state index contributed by atoms with van der Waals surface area (Å²) in [5.74, 6) is -2.31. The third kappa shape index (κ3) is 5.08. The highest BCUT2D eigenvalue weighted by Gasteiger charge is 2.21. The molecule has 0 heterocycles. The average Bonchev–Trinajstić information content (AvgIpc) is 2.70. The molecule has 0 bridgehead atoms. The van der Waals surface area contributed by atoms with Gasteiger partial charge in [0, 0.05) is 10.2 Å². The lowest BCUT2D eigenvalue weighted by Gasteiger charge is -2.18. The van der Waals surface area contributed by atoms with Gasteiger partial charge in [0.2, 0.25) is 0 Å². The highest BCUT2D eigenvalue weighted by Crippen LogP contribution is 2.39. The number of benzene rings is 3. The van der Waals surface area contributed by atoms with Crippen LogP contribution in [0, 0.1) is 32.4 Å². The number of nitrogens with one attached hydrogen (secondary N) is 2. The van der Waals surface area contributed by atoms with E-state index < -0.39 is 29.1 Å². The van der Waals surface area contributed by atoms with Crippen molar-refractivity contribution in [3.05, 3.63) is 85.8 Å². The number of rotatable bonds is 4. The van der Waals surface area contributed by atoms with Crippen LogP contribution < -0.4 is 15.4 Å². The van der Waals surface area contributed by atoms with Gasteiger partial charge in [-0.25, -0.2) is 13.6 Å². The van der Waals surface area contributed by atoms with Gasteiger partial charge in [-0.1, -0.05) is 33.6 Å². The molecule has 0 spiro atoms. The average molecular weight is 524 g/mol. The lowest BCUT2D eigenvalue weighted by atomic mass is 10.1. The fourth-order valence-electron chi connectivity index (χ4n) is 2.98. The molecule has 3 rings (SSSR count). The van der Waals surface area contributed by atoms with E-state index in [0.29, 0.717) is 28.3 Å². The molecule has 0 aliphatic heterocycles. The Labute approximate surface area is 196 Å². The maximum absolute atomic E-state index is 13.8. The first-order valence-electron chi connectivity index (χ1n) is 9.38. The second-order valence-corrected chi connectivity index (χ2v) is 8.32. The molecule has 3 aromatic rings. The maximum atomic E-state index is 13.8. The zero-order valence-corrected chi connectivity index (χ0v) is 19.6. The minimum atomic E-state index is -1.20. The van der Waals surface area contributed by atoms with Crippen LogP contribution in [0.15, 0.2) is 46.9 Å². The Morgan fingerprint density at radius 1 is 1.00 bits per heavy atom. The quantitative estimate of drug-likeness (QED) is 0.385. The fraction of sp³-hybridized carbons (Fsp3) is 0.130.